The molecule has 1 unspecified atom stereocenters. The van der Waals surface area contributed by atoms with Crippen LogP contribution in [0.4, 0.5) is 0 Å². The molecule has 0 saturated heterocycles. The average Bonchev–Trinajstić information content (AvgIpc) is 3.36. The number of unbranched alkanes of at least 4 members (excludes halogenated alkanes) is 16. The van der Waals surface area contributed by atoms with Crippen LogP contribution < -0.4 is 0 Å². The van der Waals surface area contributed by atoms with Crippen LogP contribution in [0, 0.1) is 0 Å². The Balaban J connectivity index is 4.42. The van der Waals surface area contributed by atoms with E-state index in [0.29, 0.717) is 25.7 Å². The second-order valence-electron chi connectivity index (χ2n) is 18.1. The molecule has 6 heteroatoms. The van der Waals surface area contributed by atoms with Crippen LogP contribution >= 0.6 is 0 Å². The molecular weight excluding hydrogens is 865 g/mol. The Morgan fingerprint density at radius 3 is 0.914 bits per heavy atom. The highest BCUT2D eigenvalue weighted by atomic mass is 16.6. The molecule has 0 fully saturated rings. The normalized spacial score (nSPS) is 13.1. The Morgan fingerprint density at radius 2 is 0.557 bits per heavy atom. The van der Waals surface area contributed by atoms with Crippen molar-refractivity contribution in [2.24, 2.45) is 0 Å². The molecule has 394 valence electrons. The van der Waals surface area contributed by atoms with Crippen LogP contribution in [0.15, 0.2) is 134 Å². The third-order valence-electron chi connectivity index (χ3n) is 11.4. The van der Waals surface area contributed by atoms with Crippen molar-refractivity contribution in [3.05, 3.63) is 134 Å². The van der Waals surface area contributed by atoms with Crippen LogP contribution in [0.25, 0.3) is 0 Å². The van der Waals surface area contributed by atoms with E-state index in [-0.39, 0.29) is 31.1 Å². The molecule has 0 radical (unpaired) electrons. The zero-order valence-corrected chi connectivity index (χ0v) is 45.0. The molecule has 0 bridgehead atoms. The van der Waals surface area contributed by atoms with Gasteiger partial charge in [0.1, 0.15) is 13.2 Å². The summed E-state index contributed by atoms with van der Waals surface area (Å²) in [6, 6.07) is 0. The third kappa shape index (κ3) is 54.5. The lowest BCUT2D eigenvalue weighted by Crippen LogP contribution is -2.30. The van der Waals surface area contributed by atoms with Gasteiger partial charge in [0.2, 0.25) is 0 Å². The first-order chi connectivity index (χ1) is 34.5. The lowest BCUT2D eigenvalue weighted by molar-refractivity contribution is -0.167. The van der Waals surface area contributed by atoms with Gasteiger partial charge in [-0.2, -0.15) is 0 Å². The Labute approximate surface area is 430 Å². The predicted octanol–water partition coefficient (Wildman–Crippen LogP) is 19.0. The van der Waals surface area contributed by atoms with Gasteiger partial charge < -0.3 is 14.2 Å². The van der Waals surface area contributed by atoms with Gasteiger partial charge in [-0.3, -0.25) is 14.4 Å². The van der Waals surface area contributed by atoms with Crippen LogP contribution in [0.2, 0.25) is 0 Å². The SMILES string of the molecule is CC/C=C\C/C=C\C/C=C\C/C=C\C/C=C\C/C=C\C/C=C\C/C=C\CCCCC(=O)OCC(COC(=O)CCCCCCC/C=C\CCCC)OC(=O)CCCCCCC/C=C\C/C=C\CCCC. The highest BCUT2D eigenvalue weighted by molar-refractivity contribution is 5.71. The maximum Gasteiger partial charge on any atom is 0.306 e. The number of carbonyl (C=O) groups is 3. The highest BCUT2D eigenvalue weighted by Crippen LogP contribution is 2.13. The van der Waals surface area contributed by atoms with E-state index in [1.54, 1.807) is 0 Å². The van der Waals surface area contributed by atoms with Crippen LogP contribution in [-0.2, 0) is 28.6 Å². The monoisotopic (exact) mass is 967 g/mol. The minimum atomic E-state index is -0.811. The molecule has 0 N–H and O–H groups in total. The van der Waals surface area contributed by atoms with E-state index in [0.717, 1.165) is 141 Å². The Bertz CT molecular complexity index is 1530. The summed E-state index contributed by atoms with van der Waals surface area (Å²) in [5.41, 5.74) is 0. The largest absolute Gasteiger partial charge is 0.462 e. The zero-order valence-electron chi connectivity index (χ0n) is 45.0. The van der Waals surface area contributed by atoms with Crippen molar-refractivity contribution in [3.8, 4) is 0 Å². The lowest BCUT2D eigenvalue weighted by Gasteiger charge is -2.18. The molecule has 6 nitrogen and oxygen atoms in total. The van der Waals surface area contributed by atoms with Gasteiger partial charge in [0, 0.05) is 19.3 Å². The van der Waals surface area contributed by atoms with Gasteiger partial charge in [0.15, 0.2) is 6.10 Å². The van der Waals surface area contributed by atoms with E-state index in [2.05, 4.69) is 154 Å². The van der Waals surface area contributed by atoms with E-state index in [1.165, 1.54) is 44.9 Å². The van der Waals surface area contributed by atoms with Crippen LogP contribution in [0.1, 0.15) is 233 Å². The molecule has 0 aromatic heterocycles. The molecule has 0 heterocycles. The molecule has 0 spiro atoms. The van der Waals surface area contributed by atoms with Crippen molar-refractivity contribution in [1.29, 1.82) is 0 Å². The average molecular weight is 968 g/mol. The summed E-state index contributed by atoms with van der Waals surface area (Å²) in [5, 5.41) is 0. The van der Waals surface area contributed by atoms with Crippen LogP contribution in [-0.4, -0.2) is 37.2 Å². The van der Waals surface area contributed by atoms with E-state index >= 15 is 0 Å². The van der Waals surface area contributed by atoms with Gasteiger partial charge in [0.05, 0.1) is 0 Å². The maximum atomic E-state index is 12.8. The fourth-order valence-corrected chi connectivity index (χ4v) is 7.10. The predicted molar refractivity (Wildman–Crippen MR) is 302 cm³/mol. The fourth-order valence-electron chi connectivity index (χ4n) is 7.10. The second-order valence-corrected chi connectivity index (χ2v) is 18.1. The fraction of sp³-hybridized carbons (Fsp3) is 0.609. The summed E-state index contributed by atoms with van der Waals surface area (Å²) in [6.07, 6.45) is 80.2. The summed E-state index contributed by atoms with van der Waals surface area (Å²) in [4.78, 5) is 38.0. The van der Waals surface area contributed by atoms with Gasteiger partial charge in [-0.15, -0.1) is 0 Å². The quantitative estimate of drug-likeness (QED) is 0.0262. The van der Waals surface area contributed by atoms with Gasteiger partial charge in [-0.25, -0.2) is 0 Å². The maximum absolute atomic E-state index is 12.8. The molecule has 0 aromatic rings. The Hall–Kier alpha value is -4.45. The summed E-state index contributed by atoms with van der Waals surface area (Å²) >= 11 is 0. The van der Waals surface area contributed by atoms with Crippen LogP contribution in [0.3, 0.4) is 0 Å². The first-order valence-electron chi connectivity index (χ1n) is 28.2. The number of allylic oxidation sites excluding steroid dienone is 22. The summed E-state index contributed by atoms with van der Waals surface area (Å²) < 4.78 is 16.8. The topological polar surface area (TPSA) is 78.9 Å². The molecule has 0 aromatic carbocycles. The Kier molecular flexibility index (Phi) is 53.5. The Morgan fingerprint density at radius 1 is 0.300 bits per heavy atom. The highest BCUT2D eigenvalue weighted by Gasteiger charge is 2.19. The van der Waals surface area contributed by atoms with Crippen LogP contribution in [0.5, 0.6) is 0 Å². The summed E-state index contributed by atoms with van der Waals surface area (Å²) in [5.74, 6) is -0.982. The third-order valence-corrected chi connectivity index (χ3v) is 11.4. The van der Waals surface area contributed by atoms with Gasteiger partial charge in [-0.05, 0) is 128 Å². The number of esters is 3. The van der Waals surface area contributed by atoms with E-state index < -0.39 is 6.10 Å². The summed E-state index contributed by atoms with van der Waals surface area (Å²) in [7, 11) is 0. The first kappa shape index (κ1) is 65.5. The number of ether oxygens (including phenoxy) is 3. The number of rotatable bonds is 49. The van der Waals surface area contributed by atoms with Gasteiger partial charge in [0.25, 0.3) is 0 Å². The van der Waals surface area contributed by atoms with Crippen molar-refractivity contribution in [1.82, 2.24) is 0 Å². The molecule has 1 atom stereocenters. The molecule has 70 heavy (non-hydrogen) atoms. The number of hydrogen-bond acceptors (Lipinski definition) is 6. The van der Waals surface area contributed by atoms with Gasteiger partial charge >= 0.3 is 17.9 Å². The van der Waals surface area contributed by atoms with Crippen molar-refractivity contribution in [2.75, 3.05) is 13.2 Å². The lowest BCUT2D eigenvalue weighted by atomic mass is 10.1. The zero-order chi connectivity index (χ0) is 50.7. The standard InChI is InChI=1S/C64H102O6/c1-4-7-10-13-16-19-22-24-26-27-28-29-30-31-32-33-34-35-36-37-38-40-42-45-48-51-54-57-63(66)69-60-61(59-68-62(65)56-53-50-47-44-41-21-18-15-12-9-6-3)70-64(67)58-55-52-49-46-43-39-25-23-20-17-14-11-8-5-2/h7,10,14-19,23-26,28-29,31-32,34-35,37-38,42,45,61H,4-6,8-9,11-13,20-22,27,30,33,36,39-41,43-44,46-60H2,1-3H3/b10-7-,17-14-,18-15-,19-16-,25-23-,26-24-,29-28-,32-31-,35-34-,38-37-,45-42-. The molecular formula is C64H102O6. The van der Waals surface area contributed by atoms with Gasteiger partial charge in [-0.1, -0.05) is 219 Å². The molecule has 0 rings (SSSR count). The minimum absolute atomic E-state index is 0.106. The smallest absolute Gasteiger partial charge is 0.306 e. The van der Waals surface area contributed by atoms with E-state index in [4.69, 9.17) is 14.2 Å². The number of carbonyl (C=O) groups excluding carboxylic acids is 3. The molecule has 0 aliphatic carbocycles. The first-order valence-corrected chi connectivity index (χ1v) is 28.2. The molecule has 0 aliphatic rings. The minimum Gasteiger partial charge on any atom is -0.462 e. The van der Waals surface area contributed by atoms with E-state index in [1.807, 2.05) is 0 Å². The van der Waals surface area contributed by atoms with Crippen molar-refractivity contribution < 1.29 is 28.6 Å². The summed E-state index contributed by atoms with van der Waals surface area (Å²) in [6.45, 7) is 6.37. The molecule has 0 saturated carbocycles. The molecule has 0 aliphatic heterocycles. The second kappa shape index (κ2) is 57.1. The number of hydrogen-bond donors (Lipinski definition) is 0. The van der Waals surface area contributed by atoms with Crippen molar-refractivity contribution >= 4 is 17.9 Å². The van der Waals surface area contributed by atoms with Crippen molar-refractivity contribution in [2.45, 2.75) is 239 Å². The molecule has 0 amide bonds. The van der Waals surface area contributed by atoms with Crippen molar-refractivity contribution in [3.63, 3.8) is 0 Å². The van der Waals surface area contributed by atoms with E-state index in [9.17, 15) is 14.4 Å².